The molecule has 1 amide bonds. The number of rotatable bonds is 3. The van der Waals surface area contributed by atoms with Crippen LogP contribution in [-0.2, 0) is 9.59 Å². The first-order valence-electron chi connectivity index (χ1n) is 6.22. The van der Waals surface area contributed by atoms with Gasteiger partial charge in [0.2, 0.25) is 5.91 Å². The maximum Gasteiger partial charge on any atom is 0.307 e. The Morgan fingerprint density at radius 2 is 2.00 bits per heavy atom. The van der Waals surface area contributed by atoms with Crippen LogP contribution in [0, 0.1) is 11.8 Å². The van der Waals surface area contributed by atoms with Gasteiger partial charge in [-0.15, -0.1) is 0 Å². The van der Waals surface area contributed by atoms with Crippen molar-refractivity contribution < 1.29 is 14.7 Å². The molecular weight excluding hydrogens is 220 g/mol. The normalized spacial score (nSPS) is 37.5. The van der Waals surface area contributed by atoms with Gasteiger partial charge in [-0.3, -0.25) is 9.59 Å². The van der Waals surface area contributed by atoms with Crippen LogP contribution in [0.1, 0.15) is 26.2 Å². The van der Waals surface area contributed by atoms with Crippen LogP contribution in [0.25, 0.3) is 0 Å². The predicted molar refractivity (Wildman–Crippen MR) is 62.5 cm³/mol. The van der Waals surface area contributed by atoms with Crippen molar-refractivity contribution in [3.63, 3.8) is 0 Å². The number of carboxylic acids is 1. The molecule has 2 unspecified atom stereocenters. The molecule has 17 heavy (non-hydrogen) atoms. The Morgan fingerprint density at radius 3 is 2.53 bits per heavy atom. The zero-order chi connectivity index (χ0) is 12.6. The van der Waals surface area contributed by atoms with E-state index in [4.69, 9.17) is 5.11 Å². The summed E-state index contributed by atoms with van der Waals surface area (Å²) in [5.41, 5.74) is 0. The molecule has 0 radical (unpaired) electrons. The Labute approximate surface area is 101 Å². The van der Waals surface area contributed by atoms with Gasteiger partial charge in [0.25, 0.3) is 0 Å². The third-order valence-electron chi connectivity index (χ3n) is 4.00. The number of carboxylic acid groups (broad SMARTS) is 1. The second-order valence-electron chi connectivity index (χ2n) is 5.35. The summed E-state index contributed by atoms with van der Waals surface area (Å²) in [5, 5.41) is 11.8. The van der Waals surface area contributed by atoms with Crippen LogP contribution in [0.15, 0.2) is 0 Å². The van der Waals surface area contributed by atoms with Crippen LogP contribution in [0.4, 0.5) is 0 Å². The molecule has 1 aliphatic heterocycles. The minimum Gasteiger partial charge on any atom is -0.481 e. The second kappa shape index (κ2) is 4.64. The quantitative estimate of drug-likeness (QED) is 0.744. The van der Waals surface area contributed by atoms with Gasteiger partial charge in [0.05, 0.1) is 11.8 Å². The van der Waals surface area contributed by atoms with E-state index in [0.29, 0.717) is 12.5 Å². The number of likely N-dealkylation sites (tertiary alicyclic amines) is 1. The van der Waals surface area contributed by atoms with E-state index in [1.54, 1.807) is 0 Å². The lowest BCUT2D eigenvalue weighted by atomic mass is 9.99. The highest BCUT2D eigenvalue weighted by Crippen LogP contribution is 2.38. The lowest BCUT2D eigenvalue weighted by molar-refractivity contribution is -0.140. The molecule has 0 bridgehead atoms. The number of nitrogens with zero attached hydrogens (tertiary/aromatic N) is 1. The molecular formula is C12H20N2O3. The molecule has 1 aliphatic carbocycles. The molecule has 1 saturated heterocycles. The largest absolute Gasteiger partial charge is 0.481 e. The number of hydrogen-bond donors (Lipinski definition) is 2. The first-order chi connectivity index (χ1) is 7.99. The molecule has 0 spiro atoms. The van der Waals surface area contributed by atoms with Crippen LogP contribution >= 0.6 is 0 Å². The molecule has 2 fully saturated rings. The first kappa shape index (κ1) is 12.4. The average Bonchev–Trinajstić information content (AvgIpc) is 3.03. The second-order valence-corrected chi connectivity index (χ2v) is 5.35. The van der Waals surface area contributed by atoms with Gasteiger partial charge in [0.15, 0.2) is 0 Å². The van der Waals surface area contributed by atoms with Crippen LogP contribution in [0.5, 0.6) is 0 Å². The van der Waals surface area contributed by atoms with Crippen molar-refractivity contribution in [2.24, 2.45) is 11.8 Å². The molecule has 96 valence electrons. The third kappa shape index (κ3) is 2.77. The van der Waals surface area contributed by atoms with Gasteiger partial charge in [0.1, 0.15) is 0 Å². The SMILES string of the molecule is CC1CC(NC(=O)[C@@H]2C[C@@H]2C(=O)O)CCN1C. The van der Waals surface area contributed by atoms with E-state index in [2.05, 4.69) is 24.2 Å². The monoisotopic (exact) mass is 240 g/mol. The molecule has 5 nitrogen and oxygen atoms in total. The molecule has 1 heterocycles. The van der Waals surface area contributed by atoms with Gasteiger partial charge in [0, 0.05) is 18.6 Å². The number of piperidine rings is 1. The molecule has 1 saturated carbocycles. The Kier molecular flexibility index (Phi) is 3.38. The number of carbonyl (C=O) groups excluding carboxylic acids is 1. The van der Waals surface area contributed by atoms with Crippen molar-refractivity contribution in [2.75, 3.05) is 13.6 Å². The van der Waals surface area contributed by atoms with Gasteiger partial charge in [-0.25, -0.2) is 0 Å². The minimum atomic E-state index is -0.845. The number of amides is 1. The molecule has 0 aromatic carbocycles. The number of nitrogens with one attached hydrogen (secondary N) is 1. The summed E-state index contributed by atoms with van der Waals surface area (Å²) in [6, 6.07) is 0.687. The predicted octanol–water partition coefficient (Wildman–Crippen LogP) is 0.306. The van der Waals surface area contributed by atoms with E-state index < -0.39 is 11.9 Å². The average molecular weight is 240 g/mol. The van der Waals surface area contributed by atoms with Crippen molar-refractivity contribution in [1.82, 2.24) is 10.2 Å². The summed E-state index contributed by atoms with van der Waals surface area (Å²) in [6.07, 6.45) is 2.41. The maximum atomic E-state index is 11.8. The summed E-state index contributed by atoms with van der Waals surface area (Å²) < 4.78 is 0. The summed E-state index contributed by atoms with van der Waals surface area (Å²) >= 11 is 0. The lowest BCUT2D eigenvalue weighted by Gasteiger charge is -2.35. The van der Waals surface area contributed by atoms with E-state index >= 15 is 0 Å². The van der Waals surface area contributed by atoms with Crippen LogP contribution in [0.2, 0.25) is 0 Å². The van der Waals surface area contributed by atoms with Crippen molar-refractivity contribution >= 4 is 11.9 Å². The Balaban J connectivity index is 1.78. The van der Waals surface area contributed by atoms with E-state index in [9.17, 15) is 9.59 Å². The maximum absolute atomic E-state index is 11.8. The van der Waals surface area contributed by atoms with Crippen LogP contribution in [0.3, 0.4) is 0 Å². The number of carbonyl (C=O) groups is 2. The van der Waals surface area contributed by atoms with Crippen LogP contribution < -0.4 is 5.32 Å². The van der Waals surface area contributed by atoms with Crippen molar-refractivity contribution in [3.05, 3.63) is 0 Å². The first-order valence-corrected chi connectivity index (χ1v) is 6.22. The fourth-order valence-corrected chi connectivity index (χ4v) is 2.49. The standard InChI is InChI=1S/C12H20N2O3/c1-7-5-8(3-4-14(7)2)13-11(15)9-6-10(9)12(16)17/h7-10H,3-6H2,1-2H3,(H,13,15)(H,16,17)/t7?,8?,9-,10+/m1/s1. The van der Waals surface area contributed by atoms with E-state index in [0.717, 1.165) is 19.4 Å². The zero-order valence-electron chi connectivity index (χ0n) is 10.3. The topological polar surface area (TPSA) is 69.6 Å². The van der Waals surface area contributed by atoms with Crippen LogP contribution in [-0.4, -0.2) is 47.6 Å². The van der Waals surface area contributed by atoms with E-state index in [1.807, 2.05) is 0 Å². The fraction of sp³-hybridized carbons (Fsp3) is 0.833. The smallest absolute Gasteiger partial charge is 0.307 e. The highest BCUT2D eigenvalue weighted by Gasteiger charge is 2.48. The Hall–Kier alpha value is -1.10. The third-order valence-corrected chi connectivity index (χ3v) is 4.00. The highest BCUT2D eigenvalue weighted by molar-refractivity contribution is 5.89. The molecule has 0 aromatic heterocycles. The molecule has 5 heteroatoms. The van der Waals surface area contributed by atoms with Crippen molar-refractivity contribution in [1.29, 1.82) is 0 Å². The van der Waals surface area contributed by atoms with Gasteiger partial charge in [-0.2, -0.15) is 0 Å². The van der Waals surface area contributed by atoms with E-state index in [-0.39, 0.29) is 17.9 Å². The molecule has 2 N–H and O–H groups in total. The summed E-state index contributed by atoms with van der Waals surface area (Å²) in [7, 11) is 2.09. The summed E-state index contributed by atoms with van der Waals surface area (Å²) in [6.45, 7) is 3.13. The molecule has 2 rings (SSSR count). The van der Waals surface area contributed by atoms with Crippen molar-refractivity contribution in [2.45, 2.75) is 38.3 Å². The molecule has 0 aromatic rings. The fourth-order valence-electron chi connectivity index (χ4n) is 2.49. The number of aliphatic carboxylic acids is 1. The van der Waals surface area contributed by atoms with Crippen molar-refractivity contribution in [3.8, 4) is 0 Å². The highest BCUT2D eigenvalue weighted by atomic mass is 16.4. The van der Waals surface area contributed by atoms with Gasteiger partial charge < -0.3 is 15.3 Å². The van der Waals surface area contributed by atoms with Gasteiger partial charge in [-0.05, 0) is 33.2 Å². The summed E-state index contributed by atoms with van der Waals surface area (Å²) in [5.74, 6) is -1.65. The molecule has 2 aliphatic rings. The zero-order valence-corrected chi connectivity index (χ0v) is 10.3. The Morgan fingerprint density at radius 1 is 1.29 bits per heavy atom. The van der Waals surface area contributed by atoms with E-state index in [1.165, 1.54) is 0 Å². The van der Waals surface area contributed by atoms with Gasteiger partial charge in [-0.1, -0.05) is 0 Å². The van der Waals surface area contributed by atoms with Gasteiger partial charge >= 0.3 is 5.97 Å². The number of hydrogen-bond acceptors (Lipinski definition) is 3. The summed E-state index contributed by atoms with van der Waals surface area (Å²) in [4.78, 5) is 24.7. The Bertz CT molecular complexity index is 332. The molecule has 4 atom stereocenters. The lowest BCUT2D eigenvalue weighted by Crippen LogP contribution is -2.47. The minimum absolute atomic E-state index is 0.0702.